The normalized spacial score (nSPS) is 29.8. The van der Waals surface area contributed by atoms with Gasteiger partial charge in [-0.15, -0.1) is 0 Å². The average Bonchev–Trinajstić information content (AvgIpc) is 2.58. The molecule has 2 atom stereocenters. The summed E-state index contributed by atoms with van der Waals surface area (Å²) in [7, 11) is 0. The first-order valence-electron chi connectivity index (χ1n) is 6.98. The van der Waals surface area contributed by atoms with Gasteiger partial charge in [-0.3, -0.25) is 0 Å². The smallest absolute Gasteiger partial charge is 0.166 e. The minimum Gasteiger partial charge on any atom is -0.348 e. The summed E-state index contributed by atoms with van der Waals surface area (Å²) in [6.45, 7) is 7.17. The van der Waals surface area contributed by atoms with Crippen LogP contribution in [0.2, 0.25) is 0 Å². The first kappa shape index (κ1) is 14.0. The molecule has 0 saturated carbocycles. The molecule has 1 aliphatic rings. The van der Waals surface area contributed by atoms with Gasteiger partial charge in [0.15, 0.2) is 5.79 Å². The molecule has 0 aromatic rings. The maximum absolute atomic E-state index is 5.77. The minimum atomic E-state index is -0.289. The van der Waals surface area contributed by atoms with E-state index in [9.17, 15) is 0 Å². The summed E-state index contributed by atoms with van der Waals surface area (Å²) >= 11 is 0. The highest BCUT2D eigenvalue weighted by Crippen LogP contribution is 2.28. The molecule has 0 N–H and O–H groups in total. The molecule has 1 saturated heterocycles. The Hall–Kier alpha value is -0.0800. The van der Waals surface area contributed by atoms with Crippen LogP contribution < -0.4 is 0 Å². The molecular formula is C14H28O2. The molecule has 96 valence electrons. The van der Waals surface area contributed by atoms with Crippen molar-refractivity contribution in [1.29, 1.82) is 0 Å². The second kappa shape index (κ2) is 7.29. The van der Waals surface area contributed by atoms with E-state index >= 15 is 0 Å². The first-order valence-corrected chi connectivity index (χ1v) is 6.98. The number of unbranched alkanes of at least 4 members (excludes halogenated alkanes) is 6. The van der Waals surface area contributed by atoms with Crippen molar-refractivity contribution < 1.29 is 9.47 Å². The van der Waals surface area contributed by atoms with E-state index in [1.165, 1.54) is 44.9 Å². The maximum atomic E-state index is 5.77. The van der Waals surface area contributed by atoms with Gasteiger partial charge in [0, 0.05) is 6.42 Å². The number of hydrogen-bond donors (Lipinski definition) is 0. The Morgan fingerprint density at radius 2 is 1.69 bits per heavy atom. The lowest BCUT2D eigenvalue weighted by molar-refractivity contribution is -0.157. The molecule has 0 amide bonds. The van der Waals surface area contributed by atoms with Crippen LogP contribution in [0.4, 0.5) is 0 Å². The van der Waals surface area contributed by atoms with Crippen molar-refractivity contribution in [3.63, 3.8) is 0 Å². The van der Waals surface area contributed by atoms with Crippen molar-refractivity contribution in [3.8, 4) is 0 Å². The Morgan fingerprint density at radius 1 is 1.06 bits per heavy atom. The Kier molecular flexibility index (Phi) is 6.37. The van der Waals surface area contributed by atoms with Gasteiger partial charge in [0.1, 0.15) is 0 Å². The lowest BCUT2D eigenvalue weighted by Gasteiger charge is -2.22. The zero-order valence-electron chi connectivity index (χ0n) is 11.3. The van der Waals surface area contributed by atoms with Crippen LogP contribution in [0.3, 0.4) is 0 Å². The summed E-state index contributed by atoms with van der Waals surface area (Å²) in [5.41, 5.74) is 0. The molecule has 1 aliphatic heterocycles. The van der Waals surface area contributed by atoms with E-state index in [0.717, 1.165) is 13.0 Å². The largest absolute Gasteiger partial charge is 0.348 e. The van der Waals surface area contributed by atoms with Crippen molar-refractivity contribution in [3.05, 3.63) is 0 Å². The van der Waals surface area contributed by atoms with E-state index in [1.54, 1.807) is 0 Å². The quantitative estimate of drug-likeness (QED) is 0.577. The van der Waals surface area contributed by atoms with Crippen LogP contribution in [0, 0.1) is 0 Å². The molecule has 0 bridgehead atoms. The summed E-state index contributed by atoms with van der Waals surface area (Å²) in [5, 5.41) is 0. The van der Waals surface area contributed by atoms with Gasteiger partial charge in [-0.1, -0.05) is 45.4 Å². The molecule has 1 fully saturated rings. The van der Waals surface area contributed by atoms with Crippen LogP contribution in [0.25, 0.3) is 0 Å². The van der Waals surface area contributed by atoms with Crippen molar-refractivity contribution >= 4 is 0 Å². The van der Waals surface area contributed by atoms with Gasteiger partial charge in [-0.25, -0.2) is 0 Å². The fraction of sp³-hybridized carbons (Fsp3) is 1.00. The monoisotopic (exact) mass is 228 g/mol. The predicted octanol–water partition coefficient (Wildman–Crippen LogP) is 4.28. The zero-order valence-corrected chi connectivity index (χ0v) is 11.3. The van der Waals surface area contributed by atoms with Crippen molar-refractivity contribution in [2.45, 2.75) is 84.0 Å². The molecule has 2 heteroatoms. The molecule has 16 heavy (non-hydrogen) atoms. The van der Waals surface area contributed by atoms with Crippen LogP contribution in [-0.2, 0) is 9.47 Å². The standard InChI is InChI=1S/C14H28O2/c1-4-5-6-7-8-9-10-11-14(3)15-12-13(2)16-14/h13H,4-12H2,1-3H3. The van der Waals surface area contributed by atoms with Gasteiger partial charge in [0.05, 0.1) is 12.7 Å². The molecule has 2 nitrogen and oxygen atoms in total. The highest BCUT2D eigenvalue weighted by atomic mass is 16.7. The van der Waals surface area contributed by atoms with Crippen LogP contribution in [0.15, 0.2) is 0 Å². The number of rotatable bonds is 8. The Bertz CT molecular complexity index is 182. The van der Waals surface area contributed by atoms with Crippen LogP contribution >= 0.6 is 0 Å². The van der Waals surface area contributed by atoms with Crippen molar-refractivity contribution in [2.24, 2.45) is 0 Å². The highest BCUT2D eigenvalue weighted by Gasteiger charge is 2.34. The Labute approximate surface area is 101 Å². The molecule has 1 heterocycles. The molecule has 0 radical (unpaired) electrons. The molecular weight excluding hydrogens is 200 g/mol. The molecule has 2 unspecified atom stereocenters. The fourth-order valence-electron chi connectivity index (χ4n) is 2.32. The molecule has 0 aliphatic carbocycles. The van der Waals surface area contributed by atoms with Gasteiger partial charge in [-0.05, 0) is 20.3 Å². The second-order valence-corrected chi connectivity index (χ2v) is 5.24. The first-order chi connectivity index (χ1) is 7.66. The van der Waals surface area contributed by atoms with Crippen molar-refractivity contribution in [1.82, 2.24) is 0 Å². The summed E-state index contributed by atoms with van der Waals surface area (Å²) in [6.07, 6.45) is 10.8. The van der Waals surface area contributed by atoms with Crippen LogP contribution in [0.1, 0.15) is 72.1 Å². The summed E-state index contributed by atoms with van der Waals surface area (Å²) in [4.78, 5) is 0. The summed E-state index contributed by atoms with van der Waals surface area (Å²) < 4.78 is 11.4. The van der Waals surface area contributed by atoms with Gasteiger partial charge in [-0.2, -0.15) is 0 Å². The topological polar surface area (TPSA) is 18.5 Å². The third-order valence-corrected chi connectivity index (χ3v) is 3.31. The molecule has 0 aromatic carbocycles. The zero-order chi connectivity index (χ0) is 11.9. The lowest BCUT2D eigenvalue weighted by Crippen LogP contribution is -2.25. The third-order valence-electron chi connectivity index (χ3n) is 3.31. The average molecular weight is 228 g/mol. The SMILES string of the molecule is CCCCCCCCCC1(C)OCC(C)O1. The van der Waals surface area contributed by atoms with Crippen molar-refractivity contribution in [2.75, 3.05) is 6.61 Å². The van der Waals surface area contributed by atoms with E-state index in [1.807, 2.05) is 0 Å². The van der Waals surface area contributed by atoms with Gasteiger partial charge in [0.2, 0.25) is 0 Å². The van der Waals surface area contributed by atoms with E-state index in [0.29, 0.717) is 0 Å². The molecule has 0 spiro atoms. The van der Waals surface area contributed by atoms with E-state index in [4.69, 9.17) is 9.47 Å². The van der Waals surface area contributed by atoms with Gasteiger partial charge >= 0.3 is 0 Å². The number of ether oxygens (including phenoxy) is 2. The highest BCUT2D eigenvalue weighted by molar-refractivity contribution is 4.72. The summed E-state index contributed by atoms with van der Waals surface area (Å²) in [6, 6.07) is 0. The minimum absolute atomic E-state index is 0.273. The van der Waals surface area contributed by atoms with Gasteiger partial charge < -0.3 is 9.47 Å². The van der Waals surface area contributed by atoms with E-state index in [2.05, 4.69) is 20.8 Å². The predicted molar refractivity (Wildman–Crippen MR) is 67.5 cm³/mol. The van der Waals surface area contributed by atoms with E-state index < -0.39 is 0 Å². The number of hydrogen-bond acceptors (Lipinski definition) is 2. The Balaban J connectivity index is 1.94. The Morgan fingerprint density at radius 3 is 2.25 bits per heavy atom. The summed E-state index contributed by atoms with van der Waals surface area (Å²) in [5.74, 6) is -0.289. The molecule has 1 rings (SSSR count). The van der Waals surface area contributed by atoms with Crippen LogP contribution in [-0.4, -0.2) is 18.5 Å². The third kappa shape index (κ3) is 5.31. The van der Waals surface area contributed by atoms with E-state index in [-0.39, 0.29) is 11.9 Å². The lowest BCUT2D eigenvalue weighted by atomic mass is 10.1. The second-order valence-electron chi connectivity index (χ2n) is 5.24. The maximum Gasteiger partial charge on any atom is 0.166 e. The van der Waals surface area contributed by atoms with Gasteiger partial charge in [0.25, 0.3) is 0 Å². The molecule has 0 aromatic heterocycles. The van der Waals surface area contributed by atoms with Crippen LogP contribution in [0.5, 0.6) is 0 Å². The fourth-order valence-corrected chi connectivity index (χ4v) is 2.32.